The minimum atomic E-state index is 1.24. The zero-order valence-corrected chi connectivity index (χ0v) is 7.00. The van der Waals surface area contributed by atoms with Gasteiger partial charge in [-0.3, -0.25) is 0 Å². The van der Waals surface area contributed by atoms with E-state index in [1.807, 2.05) is 0 Å². The Hall–Kier alpha value is 0. The van der Waals surface area contributed by atoms with Gasteiger partial charge in [-0.15, -0.1) is 0 Å². The van der Waals surface area contributed by atoms with E-state index in [1.165, 1.54) is 35.5 Å². The first kappa shape index (κ1) is 5.61. The first-order chi connectivity index (χ1) is 5.47. The Kier molecular flexibility index (Phi) is 0.781. The molecule has 11 heavy (non-hydrogen) atoms. The smallest absolute Gasteiger partial charge is 0.0318 e. The van der Waals surface area contributed by atoms with Crippen molar-refractivity contribution in [3.05, 3.63) is 0 Å². The monoisotopic (exact) mass is 148 g/mol. The lowest BCUT2D eigenvalue weighted by molar-refractivity contribution is -0.239. The standard InChI is InChI=1S/C11H16/c1-2-6-7(3-1)11-9-5-4-8(9)10(6)11/h6-11H,1-5H2/t6?,7?,8-,9?,10-,11?/m0/s1. The van der Waals surface area contributed by atoms with Gasteiger partial charge in [0, 0.05) is 0 Å². The van der Waals surface area contributed by atoms with Crippen LogP contribution in [-0.2, 0) is 0 Å². The van der Waals surface area contributed by atoms with Crippen molar-refractivity contribution >= 4 is 0 Å². The zero-order chi connectivity index (χ0) is 7.00. The molecule has 0 spiro atoms. The maximum absolute atomic E-state index is 1.61. The van der Waals surface area contributed by atoms with Gasteiger partial charge in [0.2, 0.25) is 0 Å². The molecule has 4 unspecified atom stereocenters. The second-order valence-electron chi connectivity index (χ2n) is 5.32. The summed E-state index contributed by atoms with van der Waals surface area (Å²) in [7, 11) is 0. The third-order valence-corrected chi connectivity index (χ3v) is 5.43. The highest BCUT2D eigenvalue weighted by molar-refractivity contribution is 5.16. The third kappa shape index (κ3) is 0.421. The summed E-state index contributed by atoms with van der Waals surface area (Å²) in [4.78, 5) is 0. The summed E-state index contributed by atoms with van der Waals surface area (Å²) < 4.78 is 0. The van der Waals surface area contributed by atoms with Crippen LogP contribution >= 0.6 is 0 Å². The fourth-order valence-electron chi connectivity index (χ4n) is 4.97. The summed E-state index contributed by atoms with van der Waals surface area (Å²) in [6.45, 7) is 0. The molecule has 0 aromatic carbocycles. The summed E-state index contributed by atoms with van der Waals surface area (Å²) in [5, 5.41) is 0. The predicted molar refractivity (Wildman–Crippen MR) is 44.0 cm³/mol. The topological polar surface area (TPSA) is 0 Å². The van der Waals surface area contributed by atoms with Gasteiger partial charge in [-0.05, 0) is 61.2 Å². The van der Waals surface area contributed by atoms with Gasteiger partial charge < -0.3 is 0 Å². The molecule has 4 aliphatic rings. The molecule has 0 heteroatoms. The minimum Gasteiger partial charge on any atom is -0.0527 e. The molecule has 0 nitrogen and oxygen atoms in total. The number of hydrogen-bond acceptors (Lipinski definition) is 0. The van der Waals surface area contributed by atoms with E-state index in [2.05, 4.69) is 0 Å². The minimum absolute atomic E-state index is 1.24. The molecule has 4 saturated carbocycles. The number of rotatable bonds is 0. The first-order valence-electron chi connectivity index (χ1n) is 5.47. The maximum Gasteiger partial charge on any atom is -0.0318 e. The Balaban J connectivity index is 1.67. The van der Waals surface area contributed by atoms with Crippen LogP contribution in [-0.4, -0.2) is 0 Å². The fraction of sp³-hybridized carbons (Fsp3) is 1.00. The van der Waals surface area contributed by atoms with Crippen LogP contribution in [0.2, 0.25) is 0 Å². The maximum atomic E-state index is 1.61. The largest absolute Gasteiger partial charge is 0.0527 e. The van der Waals surface area contributed by atoms with Gasteiger partial charge in [0.25, 0.3) is 0 Å². The van der Waals surface area contributed by atoms with Crippen LogP contribution in [0.1, 0.15) is 32.1 Å². The molecule has 0 radical (unpaired) electrons. The van der Waals surface area contributed by atoms with E-state index in [9.17, 15) is 0 Å². The van der Waals surface area contributed by atoms with Gasteiger partial charge in [0.05, 0.1) is 0 Å². The van der Waals surface area contributed by atoms with E-state index in [0.717, 1.165) is 0 Å². The molecule has 0 N–H and O–H groups in total. The van der Waals surface area contributed by atoms with Crippen LogP contribution in [0.5, 0.6) is 0 Å². The molecule has 0 saturated heterocycles. The lowest BCUT2D eigenvalue weighted by Gasteiger charge is -2.72. The summed E-state index contributed by atoms with van der Waals surface area (Å²) in [5.74, 6) is 7.50. The van der Waals surface area contributed by atoms with Gasteiger partial charge in [-0.2, -0.15) is 0 Å². The van der Waals surface area contributed by atoms with Crippen LogP contribution < -0.4 is 0 Å². The van der Waals surface area contributed by atoms with E-state index >= 15 is 0 Å². The van der Waals surface area contributed by atoms with Gasteiger partial charge in [-0.25, -0.2) is 0 Å². The number of fused-ring (bicyclic) bond motifs is 7. The molecule has 0 aromatic rings. The van der Waals surface area contributed by atoms with Crippen molar-refractivity contribution in [3.8, 4) is 0 Å². The first-order valence-corrected chi connectivity index (χ1v) is 5.47. The average molecular weight is 148 g/mol. The lowest BCUT2D eigenvalue weighted by atomic mass is 9.33. The molecule has 0 bridgehead atoms. The summed E-state index contributed by atoms with van der Waals surface area (Å²) in [5.41, 5.74) is 0. The summed E-state index contributed by atoms with van der Waals surface area (Å²) in [6, 6.07) is 0. The van der Waals surface area contributed by atoms with E-state index in [1.54, 1.807) is 32.1 Å². The van der Waals surface area contributed by atoms with Gasteiger partial charge >= 0.3 is 0 Å². The van der Waals surface area contributed by atoms with Gasteiger partial charge in [0.15, 0.2) is 0 Å². The Bertz CT molecular complexity index is 186. The van der Waals surface area contributed by atoms with Crippen molar-refractivity contribution < 1.29 is 0 Å². The van der Waals surface area contributed by atoms with Crippen molar-refractivity contribution in [2.45, 2.75) is 32.1 Å². The lowest BCUT2D eigenvalue weighted by Crippen LogP contribution is -2.66. The molecule has 4 aliphatic carbocycles. The van der Waals surface area contributed by atoms with Crippen LogP contribution in [0.4, 0.5) is 0 Å². The molecule has 0 aliphatic heterocycles. The van der Waals surface area contributed by atoms with Crippen LogP contribution in [0.3, 0.4) is 0 Å². The highest BCUT2D eigenvalue weighted by Gasteiger charge is 2.68. The van der Waals surface area contributed by atoms with Crippen LogP contribution in [0.25, 0.3) is 0 Å². The van der Waals surface area contributed by atoms with Crippen molar-refractivity contribution in [2.75, 3.05) is 0 Å². The van der Waals surface area contributed by atoms with E-state index < -0.39 is 0 Å². The van der Waals surface area contributed by atoms with Crippen molar-refractivity contribution in [1.82, 2.24) is 0 Å². The molecular formula is C11H16. The van der Waals surface area contributed by atoms with Crippen molar-refractivity contribution in [2.24, 2.45) is 35.5 Å². The summed E-state index contributed by atoms with van der Waals surface area (Å²) in [6.07, 6.45) is 8.00. The third-order valence-electron chi connectivity index (χ3n) is 5.43. The molecule has 4 rings (SSSR count). The second-order valence-corrected chi connectivity index (χ2v) is 5.32. The molecule has 0 aromatic heterocycles. The summed E-state index contributed by atoms with van der Waals surface area (Å²) >= 11 is 0. The van der Waals surface area contributed by atoms with Gasteiger partial charge in [0.1, 0.15) is 0 Å². The highest BCUT2D eigenvalue weighted by atomic mass is 14.7. The second kappa shape index (κ2) is 1.53. The highest BCUT2D eigenvalue weighted by Crippen LogP contribution is 2.75. The molecular weight excluding hydrogens is 132 g/mol. The normalized spacial score (nSPS) is 69.8. The SMILES string of the molecule is C1CC2C(C1)[C@@H]1C2C2CC[C@@H]21. The molecule has 0 amide bonds. The molecule has 0 heterocycles. The Morgan fingerprint density at radius 3 is 1.45 bits per heavy atom. The van der Waals surface area contributed by atoms with E-state index in [4.69, 9.17) is 0 Å². The Labute approximate surface area is 68.4 Å². The van der Waals surface area contributed by atoms with E-state index in [0.29, 0.717) is 0 Å². The predicted octanol–water partition coefficient (Wildman–Crippen LogP) is 2.69. The van der Waals surface area contributed by atoms with Crippen LogP contribution in [0, 0.1) is 35.5 Å². The molecule has 4 fully saturated rings. The molecule has 60 valence electrons. The quantitative estimate of drug-likeness (QED) is 0.495. The Morgan fingerprint density at radius 1 is 0.545 bits per heavy atom. The number of hydrogen-bond donors (Lipinski definition) is 0. The zero-order valence-electron chi connectivity index (χ0n) is 7.00. The van der Waals surface area contributed by atoms with Crippen molar-refractivity contribution in [3.63, 3.8) is 0 Å². The average Bonchev–Trinajstić information content (AvgIpc) is 2.36. The fourth-order valence-corrected chi connectivity index (χ4v) is 4.97. The Morgan fingerprint density at radius 2 is 1.00 bits per heavy atom. The van der Waals surface area contributed by atoms with E-state index in [-0.39, 0.29) is 0 Å². The van der Waals surface area contributed by atoms with Gasteiger partial charge in [-0.1, -0.05) is 6.42 Å². The van der Waals surface area contributed by atoms with Crippen LogP contribution in [0.15, 0.2) is 0 Å². The molecule has 6 atom stereocenters. The van der Waals surface area contributed by atoms with Crippen molar-refractivity contribution in [1.29, 1.82) is 0 Å².